The van der Waals surface area contributed by atoms with Crippen LogP contribution in [-0.2, 0) is 9.53 Å². The number of aromatic nitrogens is 3. The van der Waals surface area contributed by atoms with Crippen molar-refractivity contribution in [2.24, 2.45) is 5.92 Å². The van der Waals surface area contributed by atoms with Crippen molar-refractivity contribution in [1.29, 1.82) is 0 Å². The van der Waals surface area contributed by atoms with E-state index in [2.05, 4.69) is 15.4 Å². The van der Waals surface area contributed by atoms with Crippen LogP contribution in [0.3, 0.4) is 0 Å². The van der Waals surface area contributed by atoms with Crippen LogP contribution in [0.5, 0.6) is 6.01 Å². The van der Waals surface area contributed by atoms with Gasteiger partial charge in [-0.2, -0.15) is 4.98 Å². The number of ether oxygens (including phenoxy) is 2. The summed E-state index contributed by atoms with van der Waals surface area (Å²) < 4.78 is 12.2. The Hall–Kier alpha value is -2.61. The van der Waals surface area contributed by atoms with E-state index in [0.717, 1.165) is 11.3 Å². The number of benzene rings is 2. The first-order chi connectivity index (χ1) is 14.4. The van der Waals surface area contributed by atoms with Gasteiger partial charge in [0.2, 0.25) is 5.91 Å². The molecule has 30 heavy (non-hydrogen) atoms. The van der Waals surface area contributed by atoms with Gasteiger partial charge in [-0.25, -0.2) is 4.68 Å². The Balaban J connectivity index is 1.95. The fraction of sp³-hybridized carbons (Fsp3) is 0.286. The third kappa shape index (κ3) is 5.30. The molecule has 0 saturated carbocycles. The second-order valence-electron chi connectivity index (χ2n) is 6.79. The van der Waals surface area contributed by atoms with E-state index in [0.29, 0.717) is 34.8 Å². The van der Waals surface area contributed by atoms with Crippen molar-refractivity contribution in [1.82, 2.24) is 14.8 Å². The maximum atomic E-state index is 11.9. The van der Waals surface area contributed by atoms with Gasteiger partial charge >= 0.3 is 6.01 Å². The van der Waals surface area contributed by atoms with Crippen molar-refractivity contribution < 1.29 is 14.3 Å². The Labute approximate surface area is 184 Å². The number of anilines is 1. The molecule has 0 aliphatic carbocycles. The first-order valence-electron chi connectivity index (χ1n) is 9.34. The summed E-state index contributed by atoms with van der Waals surface area (Å²) in [6.07, 6.45) is 0. The maximum Gasteiger partial charge on any atom is 0.336 e. The highest BCUT2D eigenvalue weighted by Crippen LogP contribution is 2.30. The lowest BCUT2D eigenvalue weighted by molar-refractivity contribution is -0.118. The van der Waals surface area contributed by atoms with Crippen molar-refractivity contribution in [3.8, 4) is 23.1 Å². The molecule has 7 nitrogen and oxygen atoms in total. The number of amides is 1. The van der Waals surface area contributed by atoms with E-state index in [1.165, 1.54) is 0 Å². The van der Waals surface area contributed by atoms with Gasteiger partial charge in [-0.1, -0.05) is 37.0 Å². The molecule has 9 heteroatoms. The van der Waals surface area contributed by atoms with E-state index >= 15 is 0 Å². The number of carbonyl (C=O) groups excluding carboxylic acids is 1. The van der Waals surface area contributed by atoms with Gasteiger partial charge in [-0.3, -0.25) is 4.79 Å². The fourth-order valence-electron chi connectivity index (χ4n) is 2.55. The third-order valence-corrected chi connectivity index (χ3v) is 4.93. The number of nitrogens with one attached hydrogen (secondary N) is 1. The number of carbonyl (C=O) groups is 1. The number of hydrogen-bond donors (Lipinski definition) is 1. The lowest BCUT2D eigenvalue weighted by Crippen LogP contribution is -2.17. The molecule has 0 unspecified atom stereocenters. The van der Waals surface area contributed by atoms with E-state index in [-0.39, 0.29) is 17.8 Å². The summed E-state index contributed by atoms with van der Waals surface area (Å²) in [6.45, 7) is 4.42. The first kappa shape index (κ1) is 22.1. The molecule has 1 amide bonds. The molecule has 0 atom stereocenters. The zero-order valence-corrected chi connectivity index (χ0v) is 18.4. The number of rotatable bonds is 8. The summed E-state index contributed by atoms with van der Waals surface area (Å²) in [4.78, 5) is 16.4. The smallest absolute Gasteiger partial charge is 0.336 e. The number of hydrogen-bond acceptors (Lipinski definition) is 5. The normalized spacial score (nSPS) is 11.0. The van der Waals surface area contributed by atoms with E-state index in [4.69, 9.17) is 32.7 Å². The molecule has 2 aromatic carbocycles. The minimum Gasteiger partial charge on any atom is -0.460 e. The van der Waals surface area contributed by atoms with Crippen molar-refractivity contribution in [3.05, 3.63) is 52.5 Å². The summed E-state index contributed by atoms with van der Waals surface area (Å²) in [5.74, 6) is 0.391. The van der Waals surface area contributed by atoms with Crippen molar-refractivity contribution in [2.75, 3.05) is 25.6 Å². The summed E-state index contributed by atoms with van der Waals surface area (Å²) in [5.41, 5.74) is 2.17. The molecule has 0 saturated heterocycles. The van der Waals surface area contributed by atoms with Crippen molar-refractivity contribution in [3.63, 3.8) is 0 Å². The molecule has 0 aliphatic heterocycles. The van der Waals surface area contributed by atoms with Gasteiger partial charge in [0.1, 0.15) is 6.61 Å². The van der Waals surface area contributed by atoms with Crippen LogP contribution in [0.4, 0.5) is 5.69 Å². The van der Waals surface area contributed by atoms with Crippen molar-refractivity contribution >= 4 is 34.8 Å². The zero-order chi connectivity index (χ0) is 21.7. The zero-order valence-electron chi connectivity index (χ0n) is 16.9. The standard InChI is InChI=1S/C21H22Cl2N4O3/c1-13(2)20(28)24-15-5-7-16(8-6-15)27-19(14-4-9-17(22)18(23)12-14)25-21(26-27)30-11-10-29-3/h4-9,12-13H,10-11H2,1-3H3,(H,24,28). The molecule has 0 radical (unpaired) electrons. The molecule has 0 bridgehead atoms. The summed E-state index contributed by atoms with van der Waals surface area (Å²) in [7, 11) is 1.59. The highest BCUT2D eigenvalue weighted by atomic mass is 35.5. The second-order valence-corrected chi connectivity index (χ2v) is 7.61. The van der Waals surface area contributed by atoms with Gasteiger partial charge in [0, 0.05) is 24.3 Å². The minimum atomic E-state index is -0.104. The molecule has 0 spiro atoms. The molecule has 1 aromatic heterocycles. The van der Waals surface area contributed by atoms with Crippen LogP contribution in [0, 0.1) is 5.92 Å². The van der Waals surface area contributed by atoms with Gasteiger partial charge < -0.3 is 14.8 Å². The molecule has 3 rings (SSSR count). The van der Waals surface area contributed by atoms with Crippen LogP contribution in [0.15, 0.2) is 42.5 Å². The number of nitrogens with zero attached hydrogens (tertiary/aromatic N) is 3. The quantitative estimate of drug-likeness (QED) is 0.497. The van der Waals surface area contributed by atoms with Crippen LogP contribution < -0.4 is 10.1 Å². The van der Waals surface area contributed by atoms with Gasteiger partial charge in [0.25, 0.3) is 0 Å². The predicted octanol–water partition coefficient (Wildman–Crippen LogP) is 4.86. The maximum absolute atomic E-state index is 11.9. The Morgan fingerprint density at radius 2 is 1.83 bits per heavy atom. The Morgan fingerprint density at radius 3 is 2.47 bits per heavy atom. The van der Waals surface area contributed by atoms with Gasteiger partial charge in [0.15, 0.2) is 5.82 Å². The minimum absolute atomic E-state index is 0.0474. The van der Waals surface area contributed by atoms with Gasteiger partial charge in [-0.05, 0) is 42.5 Å². The SMILES string of the molecule is COCCOc1nc(-c2ccc(Cl)c(Cl)c2)n(-c2ccc(NC(=O)C(C)C)cc2)n1. The third-order valence-electron chi connectivity index (χ3n) is 4.19. The highest BCUT2D eigenvalue weighted by molar-refractivity contribution is 6.42. The molecule has 0 fully saturated rings. The lowest BCUT2D eigenvalue weighted by atomic mass is 10.2. The average Bonchev–Trinajstić information content (AvgIpc) is 3.15. The topological polar surface area (TPSA) is 78.3 Å². The monoisotopic (exact) mass is 448 g/mol. The molecule has 3 aromatic rings. The van der Waals surface area contributed by atoms with Crippen LogP contribution in [-0.4, -0.2) is 41.0 Å². The summed E-state index contributed by atoms with van der Waals surface area (Å²) in [6, 6.07) is 12.7. The number of methoxy groups -OCH3 is 1. The number of halogens is 2. The summed E-state index contributed by atoms with van der Waals surface area (Å²) in [5, 5.41) is 8.19. The largest absolute Gasteiger partial charge is 0.460 e. The molecule has 158 valence electrons. The van der Waals surface area contributed by atoms with Gasteiger partial charge in [-0.15, -0.1) is 5.10 Å². The molecule has 1 N–H and O–H groups in total. The molecule has 0 aliphatic rings. The fourth-order valence-corrected chi connectivity index (χ4v) is 2.84. The highest BCUT2D eigenvalue weighted by Gasteiger charge is 2.16. The average molecular weight is 449 g/mol. The molecular weight excluding hydrogens is 427 g/mol. The lowest BCUT2D eigenvalue weighted by Gasteiger charge is -2.10. The Morgan fingerprint density at radius 1 is 1.10 bits per heavy atom. The van der Waals surface area contributed by atoms with Crippen LogP contribution in [0.25, 0.3) is 17.1 Å². The van der Waals surface area contributed by atoms with Crippen molar-refractivity contribution in [2.45, 2.75) is 13.8 Å². The van der Waals surface area contributed by atoms with E-state index < -0.39 is 0 Å². The summed E-state index contributed by atoms with van der Waals surface area (Å²) >= 11 is 12.2. The second kappa shape index (κ2) is 9.93. The first-order valence-corrected chi connectivity index (χ1v) is 10.1. The van der Waals surface area contributed by atoms with Crippen LogP contribution in [0.1, 0.15) is 13.8 Å². The van der Waals surface area contributed by atoms with E-state index in [9.17, 15) is 4.79 Å². The predicted molar refractivity (Wildman–Crippen MR) is 118 cm³/mol. The van der Waals surface area contributed by atoms with E-state index in [1.54, 1.807) is 36.1 Å². The van der Waals surface area contributed by atoms with E-state index in [1.807, 2.05) is 32.0 Å². The molecular formula is C21H22Cl2N4O3. The van der Waals surface area contributed by atoms with Gasteiger partial charge in [0.05, 0.1) is 22.3 Å². The Bertz CT molecular complexity index is 1020. The molecule has 1 heterocycles. The van der Waals surface area contributed by atoms with Crippen LogP contribution >= 0.6 is 23.2 Å². The Kier molecular flexibility index (Phi) is 7.31. The van der Waals surface area contributed by atoms with Crippen LogP contribution in [0.2, 0.25) is 10.0 Å².